The highest BCUT2D eigenvalue weighted by atomic mass is 32.1. The van der Waals surface area contributed by atoms with E-state index in [0.717, 1.165) is 45.4 Å². The summed E-state index contributed by atoms with van der Waals surface area (Å²) in [5.74, 6) is -0.0929. The van der Waals surface area contributed by atoms with Gasteiger partial charge in [0, 0.05) is 41.4 Å². The van der Waals surface area contributed by atoms with E-state index in [1.54, 1.807) is 13.1 Å². The van der Waals surface area contributed by atoms with Gasteiger partial charge in [0.2, 0.25) is 0 Å². The molecule has 1 saturated carbocycles. The molecule has 0 aromatic carbocycles. The van der Waals surface area contributed by atoms with Crippen molar-refractivity contribution in [2.45, 2.75) is 37.9 Å². The lowest BCUT2D eigenvalue weighted by molar-refractivity contribution is -0.141. The summed E-state index contributed by atoms with van der Waals surface area (Å²) >= 11 is 1.25. The quantitative estimate of drug-likeness (QED) is 0.666. The van der Waals surface area contributed by atoms with Gasteiger partial charge in [-0.05, 0) is 49.5 Å². The topological polar surface area (TPSA) is 72.7 Å². The van der Waals surface area contributed by atoms with Gasteiger partial charge in [-0.2, -0.15) is 22.6 Å². The molecule has 0 radical (unpaired) electrons. The van der Waals surface area contributed by atoms with Crippen molar-refractivity contribution < 1.29 is 18.0 Å². The van der Waals surface area contributed by atoms with Gasteiger partial charge in [0.25, 0.3) is 5.91 Å². The van der Waals surface area contributed by atoms with E-state index < -0.39 is 23.8 Å². The van der Waals surface area contributed by atoms with Crippen LogP contribution in [0.2, 0.25) is 0 Å². The van der Waals surface area contributed by atoms with E-state index in [1.807, 2.05) is 18.2 Å². The smallest absolute Gasteiger partial charge is 0.343 e. The Hall–Kier alpha value is -2.75. The molecule has 10 heteroatoms. The third-order valence-corrected chi connectivity index (χ3v) is 5.75. The molecule has 0 bridgehead atoms. The van der Waals surface area contributed by atoms with Crippen LogP contribution in [-0.4, -0.2) is 25.0 Å². The standard InChI is InChI=1S/C19H18F3N5OS/c1-10(24-18(28)15-9-17(19(20,21)22)25-27(15)2)16-8-14(26-29-16)12-5-6-23-13(7-12)11-3-4-11/h5-11H,3-4H2,1-2H3,(H,24,28)/t10-/m1/s1. The number of halogens is 3. The Morgan fingerprint density at radius 3 is 2.72 bits per heavy atom. The molecule has 0 saturated heterocycles. The molecule has 1 fully saturated rings. The molecular formula is C19H18F3N5OS. The molecule has 1 aliphatic rings. The van der Waals surface area contributed by atoms with E-state index in [9.17, 15) is 18.0 Å². The summed E-state index contributed by atoms with van der Waals surface area (Å²) in [5.41, 5.74) is 1.56. The Bertz CT molecular complexity index is 1050. The van der Waals surface area contributed by atoms with Crippen LogP contribution >= 0.6 is 11.5 Å². The minimum Gasteiger partial charge on any atom is -0.343 e. The van der Waals surface area contributed by atoms with Gasteiger partial charge in [-0.3, -0.25) is 14.5 Å². The van der Waals surface area contributed by atoms with Crippen molar-refractivity contribution in [3.8, 4) is 11.3 Å². The van der Waals surface area contributed by atoms with Crippen molar-refractivity contribution in [1.82, 2.24) is 24.5 Å². The molecule has 4 rings (SSSR count). The summed E-state index contributed by atoms with van der Waals surface area (Å²) < 4.78 is 43.8. The molecule has 0 aliphatic heterocycles. The van der Waals surface area contributed by atoms with Gasteiger partial charge in [-0.25, -0.2) is 0 Å². The minimum absolute atomic E-state index is 0.155. The molecule has 0 unspecified atom stereocenters. The van der Waals surface area contributed by atoms with Crippen molar-refractivity contribution in [3.05, 3.63) is 52.4 Å². The summed E-state index contributed by atoms with van der Waals surface area (Å²) in [6.07, 6.45) is -0.510. The van der Waals surface area contributed by atoms with Crippen molar-refractivity contribution in [3.63, 3.8) is 0 Å². The van der Waals surface area contributed by atoms with Crippen LogP contribution < -0.4 is 5.32 Å². The average molecular weight is 421 g/mol. The fourth-order valence-electron chi connectivity index (χ4n) is 3.00. The van der Waals surface area contributed by atoms with Gasteiger partial charge < -0.3 is 5.32 Å². The predicted octanol–water partition coefficient (Wildman–Crippen LogP) is 4.33. The van der Waals surface area contributed by atoms with E-state index >= 15 is 0 Å². The fraction of sp³-hybridized carbons (Fsp3) is 0.368. The molecule has 29 heavy (non-hydrogen) atoms. The fourth-order valence-corrected chi connectivity index (χ4v) is 3.74. The van der Waals surface area contributed by atoms with Gasteiger partial charge in [-0.1, -0.05) is 0 Å². The number of aryl methyl sites for hydroxylation is 1. The Labute approximate surface area is 168 Å². The molecule has 1 aliphatic carbocycles. The minimum atomic E-state index is -4.60. The number of rotatable bonds is 5. The Kier molecular flexibility index (Phi) is 4.89. The van der Waals surface area contributed by atoms with Crippen molar-refractivity contribution >= 4 is 17.4 Å². The molecule has 3 aromatic heterocycles. The lowest BCUT2D eigenvalue weighted by atomic mass is 10.1. The Morgan fingerprint density at radius 1 is 1.31 bits per heavy atom. The second-order valence-electron chi connectivity index (χ2n) is 7.09. The number of alkyl halides is 3. The number of nitrogens with zero attached hydrogens (tertiary/aromatic N) is 4. The third kappa shape index (κ3) is 4.16. The van der Waals surface area contributed by atoms with Gasteiger partial charge in [0.05, 0.1) is 11.7 Å². The summed E-state index contributed by atoms with van der Waals surface area (Å²) in [6.45, 7) is 1.76. The first-order chi connectivity index (χ1) is 13.7. The zero-order valence-electron chi connectivity index (χ0n) is 15.7. The Morgan fingerprint density at radius 2 is 2.07 bits per heavy atom. The summed E-state index contributed by atoms with van der Waals surface area (Å²) in [4.78, 5) is 17.6. The first kappa shape index (κ1) is 19.6. The maximum absolute atomic E-state index is 12.8. The highest BCUT2D eigenvalue weighted by molar-refractivity contribution is 7.06. The normalized spacial score (nSPS) is 15.3. The van der Waals surface area contributed by atoms with Gasteiger partial charge in [-0.15, -0.1) is 0 Å². The summed E-state index contributed by atoms with van der Waals surface area (Å²) in [7, 11) is 1.31. The van der Waals surface area contributed by atoms with Crippen molar-refractivity contribution in [1.29, 1.82) is 0 Å². The number of hydrogen-bond acceptors (Lipinski definition) is 5. The van der Waals surface area contributed by atoms with Crippen LogP contribution in [0.1, 0.15) is 58.5 Å². The Balaban J connectivity index is 1.48. The number of aromatic nitrogens is 4. The molecule has 6 nitrogen and oxygen atoms in total. The van der Waals surface area contributed by atoms with Crippen LogP contribution in [0.3, 0.4) is 0 Å². The zero-order chi connectivity index (χ0) is 20.8. The molecule has 152 valence electrons. The van der Waals surface area contributed by atoms with Gasteiger partial charge >= 0.3 is 6.18 Å². The van der Waals surface area contributed by atoms with Crippen LogP contribution in [-0.2, 0) is 13.2 Å². The van der Waals surface area contributed by atoms with Crippen molar-refractivity contribution in [2.24, 2.45) is 7.05 Å². The number of carbonyl (C=O) groups excluding carboxylic acids is 1. The van der Waals surface area contributed by atoms with E-state index in [0.29, 0.717) is 5.92 Å². The maximum Gasteiger partial charge on any atom is 0.435 e. The zero-order valence-corrected chi connectivity index (χ0v) is 16.5. The lowest BCUT2D eigenvalue weighted by Gasteiger charge is -2.11. The first-order valence-electron chi connectivity index (χ1n) is 9.07. The lowest BCUT2D eigenvalue weighted by Crippen LogP contribution is -2.27. The van der Waals surface area contributed by atoms with E-state index in [4.69, 9.17) is 0 Å². The van der Waals surface area contributed by atoms with Crippen LogP contribution in [0, 0.1) is 0 Å². The van der Waals surface area contributed by atoms with Crippen molar-refractivity contribution in [2.75, 3.05) is 0 Å². The second kappa shape index (κ2) is 7.25. The third-order valence-electron chi connectivity index (χ3n) is 4.78. The molecular weight excluding hydrogens is 403 g/mol. The highest BCUT2D eigenvalue weighted by Crippen LogP contribution is 2.40. The van der Waals surface area contributed by atoms with Crippen LogP contribution in [0.15, 0.2) is 30.5 Å². The number of hydrogen-bond donors (Lipinski definition) is 1. The second-order valence-corrected chi connectivity index (χ2v) is 7.93. The largest absolute Gasteiger partial charge is 0.435 e. The van der Waals surface area contributed by atoms with Crippen LogP contribution in [0.25, 0.3) is 11.3 Å². The molecule has 3 aromatic rings. The van der Waals surface area contributed by atoms with E-state index in [-0.39, 0.29) is 5.69 Å². The molecule has 0 spiro atoms. The molecule has 1 atom stereocenters. The predicted molar refractivity (Wildman–Crippen MR) is 101 cm³/mol. The number of amides is 1. The summed E-state index contributed by atoms with van der Waals surface area (Å²) in [6, 6.07) is 6.14. The number of carbonyl (C=O) groups is 1. The molecule has 3 heterocycles. The van der Waals surface area contributed by atoms with Gasteiger partial charge in [0.1, 0.15) is 5.69 Å². The van der Waals surface area contributed by atoms with Crippen LogP contribution in [0.4, 0.5) is 13.2 Å². The number of pyridine rings is 1. The van der Waals surface area contributed by atoms with E-state index in [2.05, 4.69) is 19.8 Å². The maximum atomic E-state index is 12.8. The SMILES string of the molecule is C[C@@H](NC(=O)c1cc(C(F)(F)F)nn1C)c1cc(-c2ccnc(C3CC3)c2)ns1. The summed E-state index contributed by atoms with van der Waals surface area (Å²) in [5, 5.41) is 6.08. The molecule has 1 N–H and O–H groups in total. The van der Waals surface area contributed by atoms with E-state index in [1.165, 1.54) is 18.6 Å². The molecule has 1 amide bonds. The van der Waals surface area contributed by atoms with Gasteiger partial charge in [0.15, 0.2) is 5.69 Å². The first-order valence-corrected chi connectivity index (χ1v) is 9.84. The van der Waals surface area contributed by atoms with Crippen LogP contribution in [0.5, 0.6) is 0 Å². The average Bonchev–Trinajstić information content (AvgIpc) is 3.25. The highest BCUT2D eigenvalue weighted by Gasteiger charge is 2.35. The number of nitrogens with one attached hydrogen (secondary N) is 1. The monoisotopic (exact) mass is 421 g/mol.